The molecule has 4 rings (SSSR count). The van der Waals surface area contributed by atoms with Crippen LogP contribution in [0.5, 0.6) is 5.75 Å². The number of imide groups is 1. The van der Waals surface area contributed by atoms with Crippen LogP contribution in [0.2, 0.25) is 0 Å². The van der Waals surface area contributed by atoms with Crippen molar-refractivity contribution in [2.75, 3.05) is 25.6 Å². The molecular formula is C28H29FN4O6S. The zero-order chi connectivity index (χ0) is 28.8. The number of ketones is 1. The Morgan fingerprint density at radius 3 is 2.60 bits per heavy atom. The lowest BCUT2D eigenvalue weighted by Gasteiger charge is -2.29. The van der Waals surface area contributed by atoms with Crippen molar-refractivity contribution in [3.63, 3.8) is 0 Å². The zero-order valence-corrected chi connectivity index (χ0v) is 23.0. The summed E-state index contributed by atoms with van der Waals surface area (Å²) in [5.41, 5.74) is 1.13. The number of thiazole rings is 1. The summed E-state index contributed by atoms with van der Waals surface area (Å²) in [7, 11) is 1.57. The van der Waals surface area contributed by atoms with Crippen LogP contribution < -0.4 is 15.4 Å². The summed E-state index contributed by atoms with van der Waals surface area (Å²) in [5.74, 6) is -2.26. The molecule has 3 aromatic rings. The van der Waals surface area contributed by atoms with E-state index >= 15 is 0 Å². The number of amides is 4. The first kappa shape index (κ1) is 28.8. The van der Waals surface area contributed by atoms with Gasteiger partial charge in [-0.1, -0.05) is 38.1 Å². The molecule has 12 heteroatoms. The van der Waals surface area contributed by atoms with Gasteiger partial charge in [0.15, 0.2) is 10.9 Å². The Bertz CT molecular complexity index is 1400. The first-order valence-corrected chi connectivity index (χ1v) is 13.5. The van der Waals surface area contributed by atoms with Gasteiger partial charge in [-0.3, -0.25) is 14.4 Å². The monoisotopic (exact) mass is 568 g/mol. The number of rotatable bonds is 12. The molecule has 1 saturated heterocycles. The molecule has 0 unspecified atom stereocenters. The first-order chi connectivity index (χ1) is 19.2. The maximum atomic E-state index is 14.1. The number of urea groups is 1. The predicted octanol–water partition coefficient (Wildman–Crippen LogP) is 4.30. The van der Waals surface area contributed by atoms with E-state index in [4.69, 9.17) is 9.47 Å². The van der Waals surface area contributed by atoms with Crippen molar-refractivity contribution in [3.8, 4) is 5.75 Å². The average molecular weight is 569 g/mol. The highest BCUT2D eigenvalue weighted by Crippen LogP contribution is 2.32. The van der Waals surface area contributed by atoms with Crippen molar-refractivity contribution in [3.05, 3.63) is 76.5 Å². The second-order valence-corrected chi connectivity index (χ2v) is 9.95. The summed E-state index contributed by atoms with van der Waals surface area (Å²) < 4.78 is 24.6. The summed E-state index contributed by atoms with van der Waals surface area (Å²) in [6, 6.07) is 9.13. The van der Waals surface area contributed by atoms with Crippen LogP contribution in [0.25, 0.3) is 0 Å². The third-order valence-electron chi connectivity index (χ3n) is 6.48. The van der Waals surface area contributed by atoms with Gasteiger partial charge in [0, 0.05) is 24.8 Å². The molecule has 2 heterocycles. The van der Waals surface area contributed by atoms with Crippen LogP contribution in [-0.2, 0) is 14.3 Å². The van der Waals surface area contributed by atoms with Crippen LogP contribution in [0.15, 0.2) is 53.9 Å². The van der Waals surface area contributed by atoms with E-state index in [2.05, 4.69) is 15.6 Å². The quantitative estimate of drug-likeness (QED) is 0.189. The van der Waals surface area contributed by atoms with Crippen molar-refractivity contribution in [2.24, 2.45) is 0 Å². The van der Waals surface area contributed by atoms with E-state index in [-0.39, 0.29) is 23.0 Å². The number of benzene rings is 2. The topological polar surface area (TPSA) is 127 Å². The third kappa shape index (κ3) is 6.35. The van der Waals surface area contributed by atoms with Gasteiger partial charge in [-0.2, -0.15) is 0 Å². The van der Waals surface area contributed by atoms with Gasteiger partial charge < -0.3 is 20.1 Å². The molecule has 40 heavy (non-hydrogen) atoms. The van der Waals surface area contributed by atoms with Gasteiger partial charge >= 0.3 is 6.03 Å². The number of Topliss-reactive ketones (excluding diaryl/α,β-unsaturated/α-hetero) is 1. The molecule has 1 aromatic heterocycles. The number of anilines is 1. The number of nitrogens with zero attached hydrogens (tertiary/aromatic N) is 2. The number of methoxy groups -OCH3 is 1. The van der Waals surface area contributed by atoms with Crippen LogP contribution in [0, 0.1) is 5.82 Å². The van der Waals surface area contributed by atoms with E-state index in [9.17, 15) is 23.6 Å². The lowest BCUT2D eigenvalue weighted by atomic mass is 9.91. The molecular weight excluding hydrogens is 539 g/mol. The van der Waals surface area contributed by atoms with Gasteiger partial charge in [-0.05, 0) is 35.4 Å². The highest BCUT2D eigenvalue weighted by atomic mass is 32.1. The molecule has 0 saturated carbocycles. The van der Waals surface area contributed by atoms with Gasteiger partial charge in [-0.15, -0.1) is 11.3 Å². The van der Waals surface area contributed by atoms with Gasteiger partial charge in [0.2, 0.25) is 5.91 Å². The first-order valence-electron chi connectivity index (χ1n) is 12.6. The molecule has 2 aromatic carbocycles. The number of halogens is 1. The lowest BCUT2D eigenvalue weighted by molar-refractivity contribution is -0.134. The van der Waals surface area contributed by atoms with Crippen molar-refractivity contribution < 1.29 is 33.0 Å². The highest BCUT2D eigenvalue weighted by molar-refractivity contribution is 7.14. The van der Waals surface area contributed by atoms with Gasteiger partial charge in [0.05, 0.1) is 6.61 Å². The largest absolute Gasteiger partial charge is 0.491 e. The molecule has 0 spiro atoms. The fraction of sp³-hybridized carbons (Fsp3) is 0.321. The van der Waals surface area contributed by atoms with Crippen LogP contribution in [0.3, 0.4) is 0 Å². The minimum absolute atomic E-state index is 0.144. The Morgan fingerprint density at radius 1 is 1.18 bits per heavy atom. The van der Waals surface area contributed by atoms with E-state index in [0.717, 1.165) is 16.2 Å². The third-order valence-corrected chi connectivity index (χ3v) is 7.23. The van der Waals surface area contributed by atoms with Crippen molar-refractivity contribution in [2.45, 2.75) is 38.3 Å². The lowest BCUT2D eigenvalue weighted by Crippen LogP contribution is -2.50. The molecule has 10 nitrogen and oxygen atoms in total. The molecule has 2 N–H and O–H groups in total. The molecule has 0 bridgehead atoms. The van der Waals surface area contributed by atoms with E-state index in [0.29, 0.717) is 30.1 Å². The summed E-state index contributed by atoms with van der Waals surface area (Å²) >= 11 is 1.05. The van der Waals surface area contributed by atoms with E-state index in [1.807, 2.05) is 0 Å². The molecule has 210 valence electrons. The molecule has 1 aliphatic rings. The molecule has 1 aliphatic heterocycles. The van der Waals surface area contributed by atoms with E-state index < -0.39 is 41.7 Å². The van der Waals surface area contributed by atoms with Crippen LogP contribution in [0.4, 0.5) is 14.3 Å². The number of hydrogen-bond acceptors (Lipinski definition) is 8. The fourth-order valence-electron chi connectivity index (χ4n) is 4.34. The zero-order valence-electron chi connectivity index (χ0n) is 22.2. The van der Waals surface area contributed by atoms with Crippen molar-refractivity contribution in [1.29, 1.82) is 0 Å². The summed E-state index contributed by atoms with van der Waals surface area (Å²) in [4.78, 5) is 57.5. The Hall–Kier alpha value is -4.16. The molecule has 3 atom stereocenters. The molecule has 0 radical (unpaired) electrons. The number of ether oxygens (including phenoxy) is 2. The number of aromatic nitrogens is 1. The predicted molar refractivity (Wildman–Crippen MR) is 146 cm³/mol. The normalized spacial score (nSPS) is 16.4. The Kier molecular flexibility index (Phi) is 9.22. The Labute approximate surface area is 234 Å². The maximum Gasteiger partial charge on any atom is 0.325 e. The second kappa shape index (κ2) is 12.8. The van der Waals surface area contributed by atoms with E-state index in [1.54, 1.807) is 51.3 Å². The van der Waals surface area contributed by atoms with Crippen LogP contribution in [0.1, 0.15) is 53.8 Å². The maximum absolute atomic E-state index is 14.1. The van der Waals surface area contributed by atoms with Crippen molar-refractivity contribution in [1.82, 2.24) is 15.2 Å². The summed E-state index contributed by atoms with van der Waals surface area (Å²) in [6.07, 6.45) is 0.250. The van der Waals surface area contributed by atoms with Crippen molar-refractivity contribution >= 4 is 40.1 Å². The van der Waals surface area contributed by atoms with Crippen LogP contribution >= 0.6 is 11.3 Å². The van der Waals surface area contributed by atoms with Crippen LogP contribution in [-0.4, -0.2) is 59.9 Å². The minimum Gasteiger partial charge on any atom is -0.491 e. The molecule has 0 aliphatic carbocycles. The van der Waals surface area contributed by atoms with E-state index in [1.165, 1.54) is 23.6 Å². The molecule has 1 fully saturated rings. The minimum atomic E-state index is -1.34. The summed E-state index contributed by atoms with van der Waals surface area (Å²) in [6.45, 7) is 4.10. The Balaban J connectivity index is 1.61. The number of carbonyl (C=O) groups excluding carboxylic acids is 4. The average Bonchev–Trinajstić information content (AvgIpc) is 3.53. The fourth-order valence-corrected chi connectivity index (χ4v) is 5.06. The van der Waals surface area contributed by atoms with Gasteiger partial charge in [0.1, 0.15) is 36.0 Å². The highest BCUT2D eigenvalue weighted by Gasteiger charge is 2.47. The number of hydrogen-bond donors (Lipinski definition) is 2. The molecule has 4 amide bonds. The Morgan fingerprint density at radius 2 is 1.93 bits per heavy atom. The van der Waals surface area contributed by atoms with Gasteiger partial charge in [-0.25, -0.2) is 19.1 Å². The number of nitrogens with one attached hydrogen (secondary N) is 2. The van der Waals surface area contributed by atoms with Gasteiger partial charge in [0.25, 0.3) is 5.91 Å². The smallest absolute Gasteiger partial charge is 0.325 e. The SMILES string of the molecule is CCC(=O)c1csc(NC(=O)[C@H]([C@@H](C)c2cccc(F)c2)N2C(=O)N[C@H](c3ccc(OCCOC)cc3)C2=O)n1. The standard InChI is InChI=1S/C28H29FN4O6S/c1-4-22(34)21-15-40-27(30-21)32-25(35)24(16(2)18-6-5-7-19(29)14-18)33-26(36)23(31-28(33)37)17-8-10-20(11-9-17)39-13-12-38-3/h5-11,14-16,23-24H,4,12-13H2,1-3H3,(H,31,37)(H,30,32,35)/t16-,23+,24-/m0/s1. The second-order valence-electron chi connectivity index (χ2n) is 9.09. The summed E-state index contributed by atoms with van der Waals surface area (Å²) in [5, 5.41) is 6.95. The number of carbonyl (C=O) groups is 4.